The molecule has 0 bridgehead atoms. The van der Waals surface area contributed by atoms with E-state index in [1.165, 1.54) is 35.2 Å². The Kier molecular flexibility index (Phi) is 12.5. The van der Waals surface area contributed by atoms with E-state index in [4.69, 9.17) is 30.5 Å². The molecule has 4 atom stereocenters. The largest absolute Gasteiger partial charge is 0.493 e. The first kappa shape index (κ1) is 39.7. The molecule has 9 nitrogen and oxygen atoms in total. The lowest BCUT2D eigenvalue weighted by Crippen LogP contribution is -2.53. The molecule has 1 fully saturated rings. The SMILES string of the molecule is CCN(CCCOC)CC1COc2cc3c(cc2OC1)C1(CCC(Nc2cccc(Cl)c2)(C(=O)O)CC1)[C@@H](C[C@@H](C)COc1ccnc2c1[C@H](C)CCC2)C3. The average molecular weight is 774 g/mol. The number of carboxylic acid groups (broad SMARTS) is 1. The monoisotopic (exact) mass is 773 g/mol. The van der Waals surface area contributed by atoms with Crippen LogP contribution in [-0.2, 0) is 27.8 Å². The zero-order valence-corrected chi connectivity index (χ0v) is 34.0. The van der Waals surface area contributed by atoms with Crippen LogP contribution in [-0.4, -0.2) is 79.7 Å². The third kappa shape index (κ3) is 8.59. The summed E-state index contributed by atoms with van der Waals surface area (Å²) in [5.41, 5.74) is 4.54. The highest BCUT2D eigenvalue weighted by Crippen LogP contribution is 2.58. The summed E-state index contributed by atoms with van der Waals surface area (Å²) >= 11 is 6.32. The fraction of sp³-hybridized carbons (Fsp3) is 0.600. The van der Waals surface area contributed by atoms with Crippen molar-refractivity contribution in [2.45, 2.75) is 102 Å². The van der Waals surface area contributed by atoms with Crippen LogP contribution in [0, 0.1) is 17.8 Å². The number of ether oxygens (including phenoxy) is 4. The van der Waals surface area contributed by atoms with Crippen LogP contribution in [0.5, 0.6) is 17.2 Å². The molecule has 1 unspecified atom stereocenters. The van der Waals surface area contributed by atoms with Crippen molar-refractivity contribution < 1.29 is 28.8 Å². The summed E-state index contributed by atoms with van der Waals surface area (Å²) in [5, 5.41) is 14.7. The number of hydrogen-bond donors (Lipinski definition) is 2. The van der Waals surface area contributed by atoms with E-state index in [2.05, 4.69) is 48.1 Å². The summed E-state index contributed by atoms with van der Waals surface area (Å²) in [6, 6.07) is 13.9. The lowest BCUT2D eigenvalue weighted by Gasteiger charge is -2.47. The number of hydrogen-bond acceptors (Lipinski definition) is 8. The van der Waals surface area contributed by atoms with E-state index in [0.717, 1.165) is 87.7 Å². The number of pyridine rings is 1. The third-order valence-corrected chi connectivity index (χ3v) is 13.3. The molecule has 4 aliphatic rings. The minimum atomic E-state index is -1.08. The maximum Gasteiger partial charge on any atom is 0.329 e. The third-order valence-electron chi connectivity index (χ3n) is 13.1. The topological polar surface area (TPSA) is 102 Å². The van der Waals surface area contributed by atoms with Crippen molar-refractivity contribution in [1.82, 2.24) is 9.88 Å². The number of nitrogens with zero attached hydrogens (tertiary/aromatic N) is 2. The van der Waals surface area contributed by atoms with Crippen LogP contribution in [0.2, 0.25) is 5.02 Å². The van der Waals surface area contributed by atoms with Crippen LogP contribution in [0.15, 0.2) is 48.7 Å². The second kappa shape index (κ2) is 17.3. The molecule has 1 aromatic heterocycles. The molecule has 1 saturated carbocycles. The van der Waals surface area contributed by atoms with E-state index in [0.29, 0.717) is 55.4 Å². The van der Waals surface area contributed by atoms with Gasteiger partial charge in [-0.05, 0) is 141 Å². The fourth-order valence-electron chi connectivity index (χ4n) is 10.1. The van der Waals surface area contributed by atoms with Crippen LogP contribution in [0.1, 0.15) is 100 Å². The first-order valence-corrected chi connectivity index (χ1v) is 21.0. The van der Waals surface area contributed by atoms with Gasteiger partial charge in [0.2, 0.25) is 0 Å². The number of rotatable bonds is 15. The Bertz CT molecular complexity index is 1790. The van der Waals surface area contributed by atoms with Gasteiger partial charge in [-0.3, -0.25) is 4.98 Å². The van der Waals surface area contributed by atoms with Crippen molar-refractivity contribution in [3.05, 3.63) is 76.1 Å². The van der Waals surface area contributed by atoms with Crippen LogP contribution in [0.4, 0.5) is 5.69 Å². The van der Waals surface area contributed by atoms with E-state index in [1.54, 1.807) is 7.11 Å². The van der Waals surface area contributed by atoms with Gasteiger partial charge in [-0.25, -0.2) is 4.79 Å². The Balaban J connectivity index is 1.12. The Hall–Kier alpha value is -3.53. The van der Waals surface area contributed by atoms with Crippen molar-refractivity contribution in [2.75, 3.05) is 58.5 Å². The molecule has 2 N–H and O–H groups in total. The molecule has 2 heterocycles. The smallest absolute Gasteiger partial charge is 0.329 e. The Morgan fingerprint density at radius 3 is 2.64 bits per heavy atom. The van der Waals surface area contributed by atoms with Crippen LogP contribution in [0.25, 0.3) is 0 Å². The van der Waals surface area contributed by atoms with Gasteiger partial charge in [0.05, 0.1) is 19.8 Å². The highest BCUT2D eigenvalue weighted by atomic mass is 35.5. The Morgan fingerprint density at radius 1 is 1.13 bits per heavy atom. The molecule has 0 radical (unpaired) electrons. The van der Waals surface area contributed by atoms with E-state index in [-0.39, 0.29) is 11.3 Å². The minimum absolute atomic E-state index is 0.187. The highest BCUT2D eigenvalue weighted by molar-refractivity contribution is 6.30. The number of nitrogens with one attached hydrogen (secondary N) is 1. The van der Waals surface area contributed by atoms with Crippen molar-refractivity contribution in [2.24, 2.45) is 17.8 Å². The molecule has 0 saturated heterocycles. The zero-order valence-electron chi connectivity index (χ0n) is 33.2. The number of carbonyl (C=O) groups is 1. The van der Waals surface area contributed by atoms with Crippen LogP contribution >= 0.6 is 11.6 Å². The predicted octanol–water partition coefficient (Wildman–Crippen LogP) is 8.95. The van der Waals surface area contributed by atoms with E-state index >= 15 is 0 Å². The van der Waals surface area contributed by atoms with E-state index in [9.17, 15) is 9.90 Å². The van der Waals surface area contributed by atoms with Gasteiger partial charge < -0.3 is 34.3 Å². The summed E-state index contributed by atoms with van der Waals surface area (Å²) in [7, 11) is 1.75. The summed E-state index contributed by atoms with van der Waals surface area (Å²) in [5.74, 6) is 3.13. The van der Waals surface area contributed by atoms with Crippen LogP contribution < -0.4 is 19.5 Å². The normalized spacial score (nSPS) is 26.3. The first-order valence-electron chi connectivity index (χ1n) is 20.6. The number of benzene rings is 2. The minimum Gasteiger partial charge on any atom is -0.493 e. The molecule has 7 rings (SSSR count). The number of methoxy groups -OCH3 is 1. The molecule has 1 aliphatic heterocycles. The van der Waals surface area contributed by atoms with Gasteiger partial charge in [0.15, 0.2) is 11.5 Å². The number of aryl methyl sites for hydroxylation is 1. The molecule has 0 amide bonds. The average Bonchev–Trinajstić information content (AvgIpc) is 3.30. The fourth-order valence-corrected chi connectivity index (χ4v) is 10.3. The van der Waals surface area contributed by atoms with Gasteiger partial charge >= 0.3 is 5.97 Å². The van der Waals surface area contributed by atoms with Gasteiger partial charge in [0.25, 0.3) is 0 Å². The van der Waals surface area contributed by atoms with Crippen molar-refractivity contribution in [1.29, 1.82) is 0 Å². The predicted molar refractivity (Wildman–Crippen MR) is 217 cm³/mol. The van der Waals surface area contributed by atoms with Crippen molar-refractivity contribution in [3.63, 3.8) is 0 Å². The lowest BCUT2D eigenvalue weighted by atomic mass is 9.59. The second-order valence-electron chi connectivity index (χ2n) is 16.9. The van der Waals surface area contributed by atoms with Gasteiger partial charge in [-0.15, -0.1) is 0 Å². The number of carboxylic acids is 1. The summed E-state index contributed by atoms with van der Waals surface area (Å²) in [4.78, 5) is 20.2. The molecule has 3 aromatic rings. The number of aliphatic carboxylic acids is 1. The van der Waals surface area contributed by atoms with Gasteiger partial charge in [-0.2, -0.15) is 0 Å². The number of fused-ring (bicyclic) bond motifs is 4. The van der Waals surface area contributed by atoms with Crippen molar-refractivity contribution >= 4 is 23.3 Å². The zero-order chi connectivity index (χ0) is 38.6. The highest BCUT2D eigenvalue weighted by Gasteiger charge is 2.54. The quantitative estimate of drug-likeness (QED) is 0.147. The molecule has 55 heavy (non-hydrogen) atoms. The molecular formula is C45H60ClN3O6. The number of halogens is 1. The summed E-state index contributed by atoms with van der Waals surface area (Å²) < 4.78 is 25.0. The second-order valence-corrected chi connectivity index (χ2v) is 17.3. The van der Waals surface area contributed by atoms with E-state index < -0.39 is 11.5 Å². The lowest BCUT2D eigenvalue weighted by molar-refractivity contribution is -0.144. The van der Waals surface area contributed by atoms with Crippen LogP contribution in [0.3, 0.4) is 0 Å². The van der Waals surface area contributed by atoms with E-state index in [1.807, 2.05) is 36.5 Å². The standard InChI is InChI=1S/C45H60ClN3O6/c1-5-49(19-8-20-52-4)26-32-28-54-40-23-33-22-34(21-30(2)27-53-39-13-18-47-38-12-6-9-31(3)42(38)39)44(37(33)25-41(40)55-29-32)14-16-45(17-15-44,43(50)51)48-36-11-7-10-35(46)24-36/h7,10-11,13,18,23-25,30-32,34,48H,5-6,8-9,12,14-17,19-22,26-29H2,1-4H3,(H,50,51)/t30-,31-,32?,34+,44?,45?/m1/s1. The molecule has 1 spiro atoms. The molecule has 298 valence electrons. The number of anilines is 1. The maximum atomic E-state index is 13.1. The first-order chi connectivity index (χ1) is 26.6. The Labute approximate surface area is 332 Å². The molecular weight excluding hydrogens is 714 g/mol. The molecule has 2 aromatic carbocycles. The van der Waals surface area contributed by atoms with Gasteiger partial charge in [0.1, 0.15) is 11.3 Å². The summed E-state index contributed by atoms with van der Waals surface area (Å²) in [6.07, 6.45) is 10.7. The van der Waals surface area contributed by atoms with Gasteiger partial charge in [-0.1, -0.05) is 38.4 Å². The van der Waals surface area contributed by atoms with Crippen molar-refractivity contribution in [3.8, 4) is 17.2 Å². The van der Waals surface area contributed by atoms with Gasteiger partial charge in [0, 0.05) is 60.9 Å². The Morgan fingerprint density at radius 2 is 1.91 bits per heavy atom. The number of aromatic nitrogens is 1. The molecule has 3 aliphatic carbocycles. The molecule has 10 heteroatoms. The summed E-state index contributed by atoms with van der Waals surface area (Å²) in [6.45, 7) is 12.3. The maximum absolute atomic E-state index is 13.1.